The van der Waals surface area contributed by atoms with Gasteiger partial charge in [0.15, 0.2) is 5.03 Å². The molecule has 1 aliphatic carbocycles. The summed E-state index contributed by atoms with van der Waals surface area (Å²) in [4.78, 5) is 11.7. The van der Waals surface area contributed by atoms with Gasteiger partial charge in [-0.3, -0.25) is 9.48 Å². The molecule has 0 radical (unpaired) electrons. The van der Waals surface area contributed by atoms with Crippen LogP contribution in [0.25, 0.3) is 0 Å². The number of amides is 1. The van der Waals surface area contributed by atoms with E-state index in [-0.39, 0.29) is 17.7 Å². The zero-order chi connectivity index (χ0) is 15.5. The molecular formula is C13H21N3O4S. The van der Waals surface area contributed by atoms with Gasteiger partial charge in [-0.25, -0.2) is 4.72 Å². The molecule has 1 amide bonds. The van der Waals surface area contributed by atoms with Crippen molar-refractivity contribution in [1.29, 1.82) is 0 Å². The van der Waals surface area contributed by atoms with Crippen molar-refractivity contribution in [2.24, 2.45) is 13.0 Å². The first-order valence-electron chi connectivity index (χ1n) is 7.04. The zero-order valence-corrected chi connectivity index (χ0v) is 13.1. The Hall–Kier alpha value is -1.41. The molecule has 1 aromatic heterocycles. The number of sulfonamides is 1. The second kappa shape index (κ2) is 6.57. The molecule has 1 saturated carbocycles. The van der Waals surface area contributed by atoms with Crippen LogP contribution in [0.1, 0.15) is 32.6 Å². The van der Waals surface area contributed by atoms with Gasteiger partial charge in [0.2, 0.25) is 0 Å². The maximum Gasteiger partial charge on any atom is 0.281 e. The number of carbonyl (C=O) groups is 1. The van der Waals surface area contributed by atoms with E-state index in [9.17, 15) is 13.2 Å². The Morgan fingerprint density at radius 1 is 1.52 bits per heavy atom. The summed E-state index contributed by atoms with van der Waals surface area (Å²) in [7, 11) is -2.39. The van der Waals surface area contributed by atoms with Crippen molar-refractivity contribution in [2.45, 2.75) is 43.7 Å². The Morgan fingerprint density at radius 3 is 2.90 bits per heavy atom. The highest BCUT2D eigenvalue weighted by Crippen LogP contribution is 2.25. The maximum absolute atomic E-state index is 12.0. The van der Waals surface area contributed by atoms with Gasteiger partial charge in [-0.05, 0) is 24.8 Å². The molecule has 8 heteroatoms. The first-order chi connectivity index (χ1) is 9.88. The Balaban J connectivity index is 1.86. The van der Waals surface area contributed by atoms with Gasteiger partial charge in [0.25, 0.3) is 15.9 Å². The topological polar surface area (TPSA) is 90.3 Å². The van der Waals surface area contributed by atoms with E-state index in [1.807, 2.05) is 4.72 Å². The summed E-state index contributed by atoms with van der Waals surface area (Å²) >= 11 is 0. The number of aryl methyl sites for hydroxylation is 1. The minimum absolute atomic E-state index is 0.0407. The fourth-order valence-electron chi connectivity index (χ4n) is 2.58. The van der Waals surface area contributed by atoms with E-state index >= 15 is 0 Å². The highest BCUT2D eigenvalue weighted by Gasteiger charge is 2.23. The molecule has 0 aromatic carbocycles. The van der Waals surface area contributed by atoms with Crippen LogP contribution >= 0.6 is 0 Å². The molecule has 1 aliphatic rings. The zero-order valence-electron chi connectivity index (χ0n) is 12.3. The molecule has 2 unspecified atom stereocenters. The molecule has 2 rings (SSSR count). The van der Waals surface area contributed by atoms with Gasteiger partial charge < -0.3 is 4.74 Å². The molecule has 0 aliphatic heterocycles. The molecule has 1 heterocycles. The minimum atomic E-state index is -3.89. The summed E-state index contributed by atoms with van der Waals surface area (Å²) in [5, 5.41) is 3.72. The van der Waals surface area contributed by atoms with Gasteiger partial charge in [0, 0.05) is 7.05 Å². The van der Waals surface area contributed by atoms with E-state index in [4.69, 9.17) is 4.74 Å². The lowest BCUT2D eigenvalue weighted by molar-refractivity contribution is -0.126. The van der Waals surface area contributed by atoms with Crippen LogP contribution < -0.4 is 4.72 Å². The third kappa shape index (κ3) is 4.28. The molecule has 21 heavy (non-hydrogen) atoms. The average Bonchev–Trinajstić information content (AvgIpc) is 2.83. The van der Waals surface area contributed by atoms with E-state index in [2.05, 4.69) is 12.0 Å². The molecule has 1 N–H and O–H groups in total. The van der Waals surface area contributed by atoms with E-state index in [0.717, 1.165) is 19.3 Å². The number of hydrogen-bond donors (Lipinski definition) is 1. The van der Waals surface area contributed by atoms with Gasteiger partial charge >= 0.3 is 0 Å². The number of aromatic nitrogens is 2. The summed E-state index contributed by atoms with van der Waals surface area (Å²) in [6, 6.07) is 1.33. The Bertz CT molecular complexity index is 596. The molecular weight excluding hydrogens is 294 g/mol. The highest BCUT2D eigenvalue weighted by molar-refractivity contribution is 7.90. The molecule has 0 bridgehead atoms. The number of carbonyl (C=O) groups excluding carboxylic acids is 1. The number of nitrogens with zero attached hydrogens (tertiary/aromatic N) is 2. The van der Waals surface area contributed by atoms with Crippen LogP contribution in [0.4, 0.5) is 0 Å². The number of rotatable bonds is 5. The summed E-state index contributed by atoms with van der Waals surface area (Å²) in [5.74, 6) is -0.0700. The molecule has 1 aromatic rings. The number of hydrogen-bond acceptors (Lipinski definition) is 5. The lowest BCUT2D eigenvalue weighted by atomic mass is 9.89. The van der Waals surface area contributed by atoms with Gasteiger partial charge in [-0.15, -0.1) is 0 Å². The van der Waals surface area contributed by atoms with Crippen LogP contribution in [0.5, 0.6) is 0 Å². The van der Waals surface area contributed by atoms with Crippen molar-refractivity contribution in [3.63, 3.8) is 0 Å². The van der Waals surface area contributed by atoms with Crippen LogP contribution in [0, 0.1) is 5.92 Å². The molecule has 118 valence electrons. The van der Waals surface area contributed by atoms with Crippen LogP contribution in [-0.4, -0.2) is 36.8 Å². The van der Waals surface area contributed by atoms with E-state index in [0.29, 0.717) is 5.92 Å². The standard InChI is InChI=1S/C13H21N3O4S/c1-10-4-3-5-11(8-10)20-9-12(17)15-21(18,19)13-6-7-14-16(13)2/h6-7,10-11H,3-5,8-9H2,1-2H3,(H,15,17). The van der Waals surface area contributed by atoms with Crippen LogP contribution in [0.2, 0.25) is 0 Å². The van der Waals surface area contributed by atoms with Crippen molar-refractivity contribution in [1.82, 2.24) is 14.5 Å². The summed E-state index contributed by atoms with van der Waals surface area (Å²) in [6.07, 6.45) is 5.51. The number of nitrogens with one attached hydrogen (secondary N) is 1. The van der Waals surface area contributed by atoms with Gasteiger partial charge in [0.05, 0.1) is 12.3 Å². The van der Waals surface area contributed by atoms with E-state index in [1.54, 1.807) is 0 Å². The van der Waals surface area contributed by atoms with Crippen molar-refractivity contribution in [3.8, 4) is 0 Å². The first kappa shape index (κ1) is 16.0. The van der Waals surface area contributed by atoms with Crippen LogP contribution in [-0.2, 0) is 26.6 Å². The van der Waals surface area contributed by atoms with E-state index in [1.165, 1.54) is 30.4 Å². The predicted octanol–water partition coefficient (Wildman–Crippen LogP) is 0.820. The third-order valence-corrected chi connectivity index (χ3v) is 5.09. The van der Waals surface area contributed by atoms with Crippen LogP contribution in [0.3, 0.4) is 0 Å². The second-order valence-corrected chi connectivity index (χ2v) is 7.16. The van der Waals surface area contributed by atoms with Crippen molar-refractivity contribution >= 4 is 15.9 Å². The molecule has 0 saturated heterocycles. The maximum atomic E-state index is 12.0. The van der Waals surface area contributed by atoms with Crippen molar-refractivity contribution in [2.75, 3.05) is 6.61 Å². The van der Waals surface area contributed by atoms with Crippen LogP contribution in [0.15, 0.2) is 17.3 Å². The van der Waals surface area contributed by atoms with Gasteiger partial charge in [-0.1, -0.05) is 19.8 Å². The number of ether oxygens (including phenoxy) is 1. The van der Waals surface area contributed by atoms with Gasteiger partial charge in [0.1, 0.15) is 6.61 Å². The third-order valence-electron chi connectivity index (χ3n) is 3.64. The minimum Gasteiger partial charge on any atom is -0.368 e. The lowest BCUT2D eigenvalue weighted by Crippen LogP contribution is -2.36. The molecule has 1 fully saturated rings. The summed E-state index contributed by atoms with van der Waals surface area (Å²) < 4.78 is 32.7. The van der Waals surface area contributed by atoms with Gasteiger partial charge in [-0.2, -0.15) is 13.5 Å². The van der Waals surface area contributed by atoms with Crippen molar-refractivity contribution in [3.05, 3.63) is 12.3 Å². The fourth-order valence-corrected chi connectivity index (χ4v) is 3.68. The van der Waals surface area contributed by atoms with Crippen molar-refractivity contribution < 1.29 is 17.9 Å². The summed E-state index contributed by atoms with van der Waals surface area (Å²) in [5.41, 5.74) is 0. The second-order valence-electron chi connectivity index (χ2n) is 5.53. The average molecular weight is 315 g/mol. The Morgan fingerprint density at radius 2 is 2.29 bits per heavy atom. The molecule has 2 atom stereocenters. The SMILES string of the molecule is CC1CCCC(OCC(=O)NS(=O)(=O)c2ccnn2C)C1. The lowest BCUT2D eigenvalue weighted by Gasteiger charge is -2.26. The van der Waals surface area contributed by atoms with E-state index < -0.39 is 15.9 Å². The quantitative estimate of drug-likeness (QED) is 0.869. The Kier molecular flexibility index (Phi) is 5.00. The predicted molar refractivity (Wildman–Crippen MR) is 75.9 cm³/mol. The molecule has 7 nitrogen and oxygen atoms in total. The smallest absolute Gasteiger partial charge is 0.281 e. The highest BCUT2D eigenvalue weighted by atomic mass is 32.2. The monoisotopic (exact) mass is 315 g/mol. The first-order valence-corrected chi connectivity index (χ1v) is 8.52. The largest absolute Gasteiger partial charge is 0.368 e. The molecule has 0 spiro atoms. The fraction of sp³-hybridized carbons (Fsp3) is 0.692. The Labute approximate surface area is 124 Å². The summed E-state index contributed by atoms with van der Waals surface area (Å²) in [6.45, 7) is 1.91. The normalized spacial score (nSPS) is 23.0.